The lowest BCUT2D eigenvalue weighted by atomic mass is 10.0. The van der Waals surface area contributed by atoms with E-state index in [4.69, 9.17) is 4.74 Å². The lowest BCUT2D eigenvalue weighted by molar-refractivity contribution is -0.116. The van der Waals surface area contributed by atoms with Crippen LogP contribution in [0.25, 0.3) is 5.69 Å². The maximum atomic E-state index is 13.4. The third kappa shape index (κ3) is 6.68. The summed E-state index contributed by atoms with van der Waals surface area (Å²) in [6, 6.07) is 21.3. The number of hydrogen-bond acceptors (Lipinski definition) is 6. The average molecular weight is 584 g/mol. The van der Waals surface area contributed by atoms with Crippen LogP contribution in [0.15, 0.2) is 71.9 Å². The predicted molar refractivity (Wildman–Crippen MR) is 167 cm³/mol. The van der Waals surface area contributed by atoms with Crippen molar-refractivity contribution >= 4 is 29.3 Å². The number of rotatable bonds is 11. The number of anilines is 1. The first-order chi connectivity index (χ1) is 20.5. The maximum Gasteiger partial charge on any atom is 0.251 e. The zero-order valence-electron chi connectivity index (χ0n) is 24.4. The van der Waals surface area contributed by atoms with Crippen LogP contribution in [-0.4, -0.2) is 45.5 Å². The lowest BCUT2D eigenvalue weighted by Gasteiger charge is -2.29. The van der Waals surface area contributed by atoms with Crippen LogP contribution in [0.1, 0.15) is 59.1 Å². The summed E-state index contributed by atoms with van der Waals surface area (Å²) in [5.41, 5.74) is 5.89. The number of hydrogen-bond donors (Lipinski definition) is 1. The molecule has 218 valence electrons. The zero-order chi connectivity index (χ0) is 29.5. The van der Waals surface area contributed by atoms with Gasteiger partial charge >= 0.3 is 0 Å². The number of fused-ring (bicyclic) bond motifs is 1. The van der Waals surface area contributed by atoms with E-state index >= 15 is 0 Å². The highest BCUT2D eigenvalue weighted by molar-refractivity contribution is 7.99. The van der Waals surface area contributed by atoms with Gasteiger partial charge in [0.1, 0.15) is 5.75 Å². The van der Waals surface area contributed by atoms with Gasteiger partial charge in [0.05, 0.1) is 24.6 Å². The Morgan fingerprint density at radius 1 is 0.976 bits per heavy atom. The zero-order valence-corrected chi connectivity index (χ0v) is 25.2. The van der Waals surface area contributed by atoms with E-state index in [-0.39, 0.29) is 24.1 Å². The fourth-order valence-corrected chi connectivity index (χ4v) is 5.86. The summed E-state index contributed by atoms with van der Waals surface area (Å²) in [7, 11) is 0. The minimum absolute atomic E-state index is 0.0413. The lowest BCUT2D eigenvalue weighted by Crippen LogP contribution is -2.36. The molecule has 0 fully saturated rings. The van der Waals surface area contributed by atoms with Gasteiger partial charge in [0, 0.05) is 17.8 Å². The molecule has 5 rings (SSSR count). The van der Waals surface area contributed by atoms with Crippen LogP contribution in [0, 0.1) is 13.8 Å². The van der Waals surface area contributed by atoms with Crippen LogP contribution in [0.2, 0.25) is 0 Å². The Labute approximate surface area is 251 Å². The van der Waals surface area contributed by atoms with Crippen LogP contribution in [-0.2, 0) is 17.8 Å². The highest BCUT2D eigenvalue weighted by Gasteiger charge is 2.24. The number of para-hydroxylation sites is 1. The van der Waals surface area contributed by atoms with Gasteiger partial charge in [-0.25, -0.2) is 0 Å². The minimum Gasteiger partial charge on any atom is -0.494 e. The summed E-state index contributed by atoms with van der Waals surface area (Å²) in [5.74, 6) is 1.41. The van der Waals surface area contributed by atoms with Crippen molar-refractivity contribution in [3.05, 3.63) is 94.8 Å². The molecule has 4 aromatic rings. The molecule has 8 nitrogen and oxygen atoms in total. The second kappa shape index (κ2) is 13.7. The van der Waals surface area contributed by atoms with E-state index in [9.17, 15) is 9.59 Å². The van der Waals surface area contributed by atoms with Gasteiger partial charge in [-0.3, -0.25) is 14.2 Å². The van der Waals surface area contributed by atoms with Crippen LogP contribution in [0.4, 0.5) is 5.69 Å². The molecular weight excluding hydrogens is 546 g/mol. The molecule has 1 aromatic heterocycles. The Hall–Kier alpha value is -4.11. The van der Waals surface area contributed by atoms with E-state index in [1.54, 1.807) is 12.1 Å². The molecule has 2 heterocycles. The number of unbranched alkanes of at least 4 members (excludes halogenated alkanes) is 1. The number of aromatic nitrogens is 3. The molecule has 0 atom stereocenters. The first-order valence-corrected chi connectivity index (χ1v) is 15.5. The SMILES string of the molecule is CCCCOc1ccc(C(=O)NCc2nnc(SCC(=O)N3CCCc4ccccc43)n2-c2cccc(C)c2C)cc1. The highest BCUT2D eigenvalue weighted by Crippen LogP contribution is 2.30. The number of thioether (sulfide) groups is 1. The molecule has 0 saturated carbocycles. The molecule has 9 heteroatoms. The molecule has 42 heavy (non-hydrogen) atoms. The van der Waals surface area contributed by atoms with Gasteiger partial charge in [-0.05, 0) is 86.2 Å². The Morgan fingerprint density at radius 3 is 2.57 bits per heavy atom. The highest BCUT2D eigenvalue weighted by atomic mass is 32.2. The Kier molecular flexibility index (Phi) is 9.59. The first-order valence-electron chi connectivity index (χ1n) is 14.5. The largest absolute Gasteiger partial charge is 0.494 e. The molecule has 1 aliphatic rings. The molecule has 0 saturated heterocycles. The molecule has 0 unspecified atom stereocenters. The summed E-state index contributed by atoms with van der Waals surface area (Å²) < 4.78 is 7.67. The molecule has 1 N–H and O–H groups in total. The molecule has 0 spiro atoms. The van der Waals surface area contributed by atoms with E-state index in [0.29, 0.717) is 29.7 Å². The van der Waals surface area contributed by atoms with Crippen LogP contribution >= 0.6 is 11.8 Å². The number of aryl methyl sites for hydroxylation is 2. The van der Waals surface area contributed by atoms with Crippen LogP contribution < -0.4 is 15.0 Å². The monoisotopic (exact) mass is 583 g/mol. The summed E-state index contributed by atoms with van der Waals surface area (Å²) in [6.07, 6.45) is 3.99. The Bertz CT molecular complexity index is 1550. The van der Waals surface area contributed by atoms with E-state index in [0.717, 1.165) is 53.9 Å². The van der Waals surface area contributed by atoms with Crippen molar-refractivity contribution in [1.82, 2.24) is 20.1 Å². The minimum atomic E-state index is -0.209. The van der Waals surface area contributed by atoms with E-state index in [2.05, 4.69) is 48.4 Å². The fraction of sp³-hybridized carbons (Fsp3) is 0.333. The van der Waals surface area contributed by atoms with Crippen molar-refractivity contribution in [3.63, 3.8) is 0 Å². The Morgan fingerprint density at radius 2 is 1.76 bits per heavy atom. The Balaban J connectivity index is 1.32. The number of carbonyl (C=O) groups is 2. The van der Waals surface area contributed by atoms with Gasteiger partial charge in [-0.1, -0.05) is 55.4 Å². The number of carbonyl (C=O) groups excluding carboxylic acids is 2. The van der Waals surface area contributed by atoms with Gasteiger partial charge in [0.2, 0.25) is 5.91 Å². The fourth-order valence-electron chi connectivity index (χ4n) is 5.02. The van der Waals surface area contributed by atoms with Gasteiger partial charge in [-0.2, -0.15) is 0 Å². The van der Waals surface area contributed by atoms with Gasteiger partial charge in [0.25, 0.3) is 5.91 Å². The van der Waals surface area contributed by atoms with Crippen molar-refractivity contribution in [2.24, 2.45) is 0 Å². The van der Waals surface area contributed by atoms with E-state index in [1.807, 2.05) is 51.9 Å². The molecule has 2 amide bonds. The second-order valence-corrected chi connectivity index (χ2v) is 11.4. The predicted octanol–water partition coefficient (Wildman–Crippen LogP) is 6.06. The number of ether oxygens (including phenoxy) is 1. The normalized spacial score (nSPS) is 12.6. The summed E-state index contributed by atoms with van der Waals surface area (Å²) in [5, 5.41) is 12.5. The third-order valence-electron chi connectivity index (χ3n) is 7.54. The smallest absolute Gasteiger partial charge is 0.251 e. The van der Waals surface area contributed by atoms with Crippen molar-refractivity contribution in [2.75, 3.05) is 23.8 Å². The van der Waals surface area contributed by atoms with Crippen molar-refractivity contribution in [1.29, 1.82) is 0 Å². The number of amides is 2. The quantitative estimate of drug-likeness (QED) is 0.170. The number of nitrogens with one attached hydrogen (secondary N) is 1. The molecule has 0 aliphatic carbocycles. The number of nitrogens with zero attached hydrogens (tertiary/aromatic N) is 4. The molecule has 0 radical (unpaired) electrons. The molecular formula is C33H37N5O3S. The van der Waals surface area contributed by atoms with Crippen LogP contribution in [0.3, 0.4) is 0 Å². The maximum absolute atomic E-state index is 13.4. The third-order valence-corrected chi connectivity index (χ3v) is 8.46. The first kappa shape index (κ1) is 29.4. The van der Waals surface area contributed by atoms with E-state index < -0.39 is 0 Å². The van der Waals surface area contributed by atoms with Crippen molar-refractivity contribution in [3.8, 4) is 11.4 Å². The summed E-state index contributed by atoms with van der Waals surface area (Å²) >= 11 is 1.37. The van der Waals surface area contributed by atoms with Crippen LogP contribution in [0.5, 0.6) is 5.75 Å². The topological polar surface area (TPSA) is 89.3 Å². The van der Waals surface area contributed by atoms with Gasteiger partial charge < -0.3 is 15.0 Å². The van der Waals surface area contributed by atoms with Gasteiger partial charge in [0.15, 0.2) is 11.0 Å². The van der Waals surface area contributed by atoms with E-state index in [1.165, 1.54) is 17.3 Å². The van der Waals surface area contributed by atoms with Gasteiger partial charge in [-0.15, -0.1) is 10.2 Å². The number of benzene rings is 3. The summed E-state index contributed by atoms with van der Waals surface area (Å²) in [6.45, 7) is 7.79. The van der Waals surface area contributed by atoms with Crippen molar-refractivity contribution in [2.45, 2.75) is 58.2 Å². The standard InChI is InChI=1S/C33H37N5O3S/c1-4-5-20-41-27-17-15-26(16-18-27)32(40)34-21-30-35-36-33(38(30)28-14-8-10-23(2)24(28)3)42-22-31(39)37-19-9-12-25-11-6-7-13-29(25)37/h6-8,10-11,13-18H,4-5,9,12,19-22H2,1-3H3,(H,34,40). The molecule has 1 aliphatic heterocycles. The average Bonchev–Trinajstić information content (AvgIpc) is 3.42. The van der Waals surface area contributed by atoms with Crippen molar-refractivity contribution < 1.29 is 14.3 Å². The molecule has 3 aromatic carbocycles. The second-order valence-electron chi connectivity index (χ2n) is 10.4. The summed E-state index contributed by atoms with van der Waals surface area (Å²) in [4.78, 5) is 28.2. The molecule has 0 bridgehead atoms.